The third-order valence-electron chi connectivity index (χ3n) is 2.87. The lowest BCUT2D eigenvalue weighted by Crippen LogP contribution is -2.26. The SMILES string of the molecule is Cc1ccc(C(=O)CC(C)(C)CN)c(C)c1. The van der Waals surface area contributed by atoms with E-state index in [-0.39, 0.29) is 11.2 Å². The molecular weight excluding hydrogens is 198 g/mol. The van der Waals surface area contributed by atoms with E-state index in [0.29, 0.717) is 13.0 Å². The number of ketones is 1. The Labute approximate surface area is 97.9 Å². The Hall–Kier alpha value is -1.15. The predicted molar refractivity (Wildman–Crippen MR) is 67.7 cm³/mol. The average molecular weight is 219 g/mol. The molecule has 0 atom stereocenters. The fraction of sp³-hybridized carbons (Fsp3) is 0.500. The Kier molecular flexibility index (Phi) is 3.87. The topological polar surface area (TPSA) is 43.1 Å². The summed E-state index contributed by atoms with van der Waals surface area (Å²) in [6, 6.07) is 5.94. The van der Waals surface area contributed by atoms with Crippen LogP contribution in [0.3, 0.4) is 0 Å². The molecule has 0 aromatic heterocycles. The molecule has 0 spiro atoms. The molecule has 0 heterocycles. The molecule has 0 radical (unpaired) electrons. The van der Waals surface area contributed by atoms with Crippen LogP contribution in [0.15, 0.2) is 18.2 Å². The molecule has 0 aliphatic rings. The van der Waals surface area contributed by atoms with Gasteiger partial charge in [0.15, 0.2) is 5.78 Å². The van der Waals surface area contributed by atoms with Crippen molar-refractivity contribution in [2.75, 3.05) is 6.54 Å². The Bertz CT molecular complexity index is 394. The lowest BCUT2D eigenvalue weighted by atomic mass is 9.85. The minimum absolute atomic E-state index is 0.117. The molecule has 0 saturated heterocycles. The summed E-state index contributed by atoms with van der Waals surface area (Å²) < 4.78 is 0. The van der Waals surface area contributed by atoms with E-state index in [1.807, 2.05) is 45.9 Å². The number of nitrogens with two attached hydrogens (primary N) is 1. The van der Waals surface area contributed by atoms with Crippen molar-refractivity contribution in [3.05, 3.63) is 34.9 Å². The molecule has 0 aliphatic heterocycles. The van der Waals surface area contributed by atoms with Crippen LogP contribution in [0.1, 0.15) is 41.8 Å². The highest BCUT2D eigenvalue weighted by Crippen LogP contribution is 2.22. The average Bonchev–Trinajstić information content (AvgIpc) is 2.16. The number of rotatable bonds is 4. The van der Waals surface area contributed by atoms with Gasteiger partial charge in [-0.25, -0.2) is 0 Å². The molecule has 0 bridgehead atoms. The first kappa shape index (κ1) is 12.9. The van der Waals surface area contributed by atoms with Gasteiger partial charge in [-0.05, 0) is 31.4 Å². The summed E-state index contributed by atoms with van der Waals surface area (Å²) in [6.07, 6.45) is 0.507. The van der Waals surface area contributed by atoms with Crippen molar-refractivity contribution >= 4 is 5.78 Å². The van der Waals surface area contributed by atoms with Gasteiger partial charge in [-0.1, -0.05) is 37.6 Å². The van der Waals surface area contributed by atoms with Gasteiger partial charge in [0.25, 0.3) is 0 Å². The van der Waals surface area contributed by atoms with Crippen LogP contribution in [-0.2, 0) is 0 Å². The quantitative estimate of drug-likeness (QED) is 0.791. The summed E-state index contributed by atoms with van der Waals surface area (Å²) in [6.45, 7) is 8.59. The second-order valence-corrected chi connectivity index (χ2v) is 5.29. The van der Waals surface area contributed by atoms with Gasteiger partial charge in [-0.2, -0.15) is 0 Å². The molecule has 1 aromatic carbocycles. The zero-order chi connectivity index (χ0) is 12.3. The Morgan fingerprint density at radius 2 is 1.94 bits per heavy atom. The van der Waals surface area contributed by atoms with Crippen LogP contribution in [-0.4, -0.2) is 12.3 Å². The molecule has 2 nitrogen and oxygen atoms in total. The van der Waals surface area contributed by atoms with Crippen molar-refractivity contribution in [3.63, 3.8) is 0 Å². The predicted octanol–water partition coefficient (Wildman–Crippen LogP) is 2.86. The van der Waals surface area contributed by atoms with Crippen LogP contribution >= 0.6 is 0 Å². The first-order valence-corrected chi connectivity index (χ1v) is 5.66. The summed E-state index contributed by atoms with van der Waals surface area (Å²) in [4.78, 5) is 12.1. The maximum absolute atomic E-state index is 12.1. The number of hydrogen-bond acceptors (Lipinski definition) is 2. The van der Waals surface area contributed by atoms with Crippen LogP contribution in [0, 0.1) is 19.3 Å². The molecule has 16 heavy (non-hydrogen) atoms. The molecule has 0 amide bonds. The molecule has 0 aliphatic carbocycles. The van der Waals surface area contributed by atoms with E-state index in [0.717, 1.165) is 11.1 Å². The van der Waals surface area contributed by atoms with Crippen LogP contribution < -0.4 is 5.73 Å². The van der Waals surface area contributed by atoms with Crippen molar-refractivity contribution in [3.8, 4) is 0 Å². The zero-order valence-corrected chi connectivity index (χ0v) is 10.6. The third kappa shape index (κ3) is 3.17. The summed E-state index contributed by atoms with van der Waals surface area (Å²) >= 11 is 0. The van der Waals surface area contributed by atoms with Crippen LogP contribution in [0.2, 0.25) is 0 Å². The van der Waals surface area contributed by atoms with Crippen LogP contribution in [0.4, 0.5) is 0 Å². The molecule has 2 heteroatoms. The van der Waals surface area contributed by atoms with Crippen molar-refractivity contribution in [1.29, 1.82) is 0 Å². The summed E-state index contributed by atoms with van der Waals surface area (Å²) in [5.41, 5.74) is 8.59. The smallest absolute Gasteiger partial charge is 0.163 e. The van der Waals surface area contributed by atoms with Gasteiger partial charge < -0.3 is 5.73 Å². The van der Waals surface area contributed by atoms with Gasteiger partial charge in [0, 0.05) is 12.0 Å². The molecule has 0 unspecified atom stereocenters. The summed E-state index contributed by atoms with van der Waals surface area (Å²) in [7, 11) is 0. The molecule has 1 aromatic rings. The number of Topliss-reactive ketones (excluding diaryl/α,β-unsaturated/α-hetero) is 1. The van der Waals surface area contributed by atoms with Crippen LogP contribution in [0.25, 0.3) is 0 Å². The number of carbonyl (C=O) groups is 1. The normalized spacial score (nSPS) is 11.6. The monoisotopic (exact) mass is 219 g/mol. The molecular formula is C14H21NO. The van der Waals surface area contributed by atoms with Crippen molar-refractivity contribution in [2.45, 2.75) is 34.1 Å². The Balaban J connectivity index is 2.89. The fourth-order valence-corrected chi connectivity index (χ4v) is 1.73. The van der Waals surface area contributed by atoms with E-state index in [9.17, 15) is 4.79 Å². The van der Waals surface area contributed by atoms with Crippen LogP contribution in [0.5, 0.6) is 0 Å². The summed E-state index contributed by atoms with van der Waals surface area (Å²) in [5, 5.41) is 0. The van der Waals surface area contributed by atoms with Gasteiger partial charge in [0.05, 0.1) is 0 Å². The lowest BCUT2D eigenvalue weighted by molar-refractivity contribution is 0.0934. The largest absolute Gasteiger partial charge is 0.330 e. The van der Waals surface area contributed by atoms with Gasteiger partial charge >= 0.3 is 0 Å². The zero-order valence-electron chi connectivity index (χ0n) is 10.6. The van der Waals surface area contributed by atoms with E-state index in [2.05, 4.69) is 0 Å². The molecule has 0 saturated carbocycles. The number of benzene rings is 1. The number of aryl methyl sites for hydroxylation is 2. The Morgan fingerprint density at radius 3 is 2.44 bits per heavy atom. The van der Waals surface area contributed by atoms with Gasteiger partial charge in [-0.3, -0.25) is 4.79 Å². The summed E-state index contributed by atoms with van der Waals surface area (Å²) in [5.74, 6) is 0.188. The minimum Gasteiger partial charge on any atom is -0.330 e. The third-order valence-corrected chi connectivity index (χ3v) is 2.87. The number of carbonyl (C=O) groups excluding carboxylic acids is 1. The molecule has 0 fully saturated rings. The maximum atomic E-state index is 12.1. The van der Waals surface area contributed by atoms with Gasteiger partial charge in [0.1, 0.15) is 0 Å². The molecule has 1 rings (SSSR count). The van der Waals surface area contributed by atoms with E-state index < -0.39 is 0 Å². The highest BCUT2D eigenvalue weighted by Gasteiger charge is 2.21. The van der Waals surface area contributed by atoms with Crippen molar-refractivity contribution < 1.29 is 4.79 Å². The lowest BCUT2D eigenvalue weighted by Gasteiger charge is -2.21. The fourth-order valence-electron chi connectivity index (χ4n) is 1.73. The van der Waals surface area contributed by atoms with E-state index in [1.54, 1.807) is 0 Å². The van der Waals surface area contributed by atoms with E-state index in [4.69, 9.17) is 5.73 Å². The molecule has 2 N–H and O–H groups in total. The van der Waals surface area contributed by atoms with Crippen molar-refractivity contribution in [1.82, 2.24) is 0 Å². The van der Waals surface area contributed by atoms with E-state index in [1.165, 1.54) is 5.56 Å². The number of hydrogen-bond donors (Lipinski definition) is 1. The highest BCUT2D eigenvalue weighted by molar-refractivity contribution is 5.97. The second-order valence-electron chi connectivity index (χ2n) is 5.29. The van der Waals surface area contributed by atoms with Crippen molar-refractivity contribution in [2.24, 2.45) is 11.1 Å². The first-order chi connectivity index (χ1) is 7.35. The second kappa shape index (κ2) is 4.79. The minimum atomic E-state index is -0.117. The standard InChI is InChI=1S/C14H21NO/c1-10-5-6-12(11(2)7-10)13(16)8-14(3,4)9-15/h5-7H,8-9,15H2,1-4H3. The van der Waals surface area contributed by atoms with Gasteiger partial charge in [-0.15, -0.1) is 0 Å². The molecule has 88 valence electrons. The maximum Gasteiger partial charge on any atom is 0.163 e. The van der Waals surface area contributed by atoms with Gasteiger partial charge in [0.2, 0.25) is 0 Å². The Morgan fingerprint density at radius 1 is 1.31 bits per heavy atom. The first-order valence-electron chi connectivity index (χ1n) is 5.66. The van der Waals surface area contributed by atoms with E-state index >= 15 is 0 Å². The highest BCUT2D eigenvalue weighted by atomic mass is 16.1.